The first kappa shape index (κ1) is 16.0. The van der Waals surface area contributed by atoms with Crippen LogP contribution in [-0.4, -0.2) is 18.6 Å². The van der Waals surface area contributed by atoms with Crippen LogP contribution in [0.5, 0.6) is 5.75 Å². The summed E-state index contributed by atoms with van der Waals surface area (Å²) in [7, 11) is 0. The van der Waals surface area contributed by atoms with Gasteiger partial charge in [-0.2, -0.15) is 0 Å². The lowest BCUT2D eigenvalue weighted by atomic mass is 10.2. The summed E-state index contributed by atoms with van der Waals surface area (Å²) in [4.78, 5) is 11.4. The number of carbonyl (C=O) groups excluding carboxylic acids is 1. The molecule has 0 aliphatic heterocycles. The number of benzene rings is 1. The maximum Gasteiger partial charge on any atom is 0.220 e. The molecule has 0 aliphatic carbocycles. The fraction of sp³-hybridized carbons (Fsp3) is 0.533. The number of nitrogens with one attached hydrogen (secondary N) is 1. The van der Waals surface area contributed by atoms with E-state index >= 15 is 0 Å². The molecule has 3 nitrogen and oxygen atoms in total. The van der Waals surface area contributed by atoms with E-state index in [0.717, 1.165) is 23.1 Å². The van der Waals surface area contributed by atoms with Crippen molar-refractivity contribution in [2.24, 2.45) is 0 Å². The van der Waals surface area contributed by atoms with E-state index in [-0.39, 0.29) is 11.9 Å². The van der Waals surface area contributed by atoms with Gasteiger partial charge in [-0.3, -0.25) is 4.79 Å². The fourth-order valence-corrected chi connectivity index (χ4v) is 2.23. The molecule has 4 heteroatoms. The van der Waals surface area contributed by atoms with Gasteiger partial charge < -0.3 is 10.1 Å². The molecule has 1 rings (SSSR count). The average Bonchev–Trinajstić information content (AvgIpc) is 2.35. The lowest BCUT2D eigenvalue weighted by molar-refractivity contribution is -0.121. The number of aryl methyl sites for hydroxylation is 1. The van der Waals surface area contributed by atoms with Gasteiger partial charge in [-0.1, -0.05) is 13.0 Å². The van der Waals surface area contributed by atoms with Crippen LogP contribution >= 0.6 is 15.9 Å². The van der Waals surface area contributed by atoms with Gasteiger partial charge in [0, 0.05) is 12.5 Å². The van der Waals surface area contributed by atoms with Crippen LogP contribution in [0.4, 0.5) is 0 Å². The zero-order valence-corrected chi connectivity index (χ0v) is 13.4. The molecule has 1 aromatic carbocycles. The van der Waals surface area contributed by atoms with Crippen LogP contribution in [0.2, 0.25) is 0 Å². The first-order valence-corrected chi connectivity index (χ1v) is 7.52. The third kappa shape index (κ3) is 6.10. The molecule has 0 fully saturated rings. The maximum atomic E-state index is 11.4. The Kier molecular flexibility index (Phi) is 6.92. The molecule has 0 spiro atoms. The second-order valence-electron chi connectivity index (χ2n) is 4.79. The van der Waals surface area contributed by atoms with Crippen molar-refractivity contribution in [3.05, 3.63) is 28.2 Å². The summed E-state index contributed by atoms with van der Waals surface area (Å²) in [5, 5.41) is 2.86. The molecule has 0 aliphatic rings. The van der Waals surface area contributed by atoms with Crippen LogP contribution in [-0.2, 0) is 11.2 Å². The van der Waals surface area contributed by atoms with Crippen molar-refractivity contribution in [2.45, 2.75) is 46.1 Å². The zero-order chi connectivity index (χ0) is 14.3. The first-order valence-electron chi connectivity index (χ1n) is 6.73. The Morgan fingerprint density at radius 2 is 2.16 bits per heavy atom. The lowest BCUT2D eigenvalue weighted by Crippen LogP contribution is -2.30. The van der Waals surface area contributed by atoms with Crippen molar-refractivity contribution in [3.63, 3.8) is 0 Å². The Balaban J connectivity index is 2.31. The number of carbonyl (C=O) groups is 1. The van der Waals surface area contributed by atoms with Crippen LogP contribution in [0, 0.1) is 0 Å². The van der Waals surface area contributed by atoms with E-state index in [4.69, 9.17) is 4.74 Å². The van der Waals surface area contributed by atoms with Gasteiger partial charge >= 0.3 is 0 Å². The van der Waals surface area contributed by atoms with E-state index in [1.165, 1.54) is 5.56 Å². The van der Waals surface area contributed by atoms with Crippen LogP contribution < -0.4 is 10.1 Å². The topological polar surface area (TPSA) is 38.3 Å². The van der Waals surface area contributed by atoms with Gasteiger partial charge in [0.2, 0.25) is 5.91 Å². The van der Waals surface area contributed by atoms with Gasteiger partial charge in [-0.15, -0.1) is 0 Å². The predicted molar refractivity (Wildman–Crippen MR) is 81.5 cm³/mol. The van der Waals surface area contributed by atoms with Crippen molar-refractivity contribution in [1.29, 1.82) is 0 Å². The number of hydrogen-bond acceptors (Lipinski definition) is 2. The van der Waals surface area contributed by atoms with Crippen molar-refractivity contribution >= 4 is 21.8 Å². The van der Waals surface area contributed by atoms with E-state index in [9.17, 15) is 4.79 Å². The van der Waals surface area contributed by atoms with Gasteiger partial charge in [0.25, 0.3) is 0 Å². The maximum absolute atomic E-state index is 11.4. The number of hydrogen-bond donors (Lipinski definition) is 1. The third-order valence-electron chi connectivity index (χ3n) is 2.66. The molecule has 0 unspecified atom stereocenters. The van der Waals surface area contributed by atoms with Gasteiger partial charge in [0.1, 0.15) is 5.75 Å². The van der Waals surface area contributed by atoms with Crippen LogP contribution in [0.15, 0.2) is 22.7 Å². The van der Waals surface area contributed by atoms with E-state index < -0.39 is 0 Å². The van der Waals surface area contributed by atoms with Crippen molar-refractivity contribution in [2.75, 3.05) is 6.61 Å². The predicted octanol–water partition coefficient (Wildman–Crippen LogP) is 3.70. The Bertz CT molecular complexity index is 419. The number of ether oxygens (including phenoxy) is 1. The molecule has 0 saturated heterocycles. The number of rotatable bonds is 7. The average molecular weight is 328 g/mol. The standard InChI is InChI=1S/C15H22BrNO2/c1-4-12-7-8-14(13(16)10-12)19-9-5-6-15(18)17-11(2)3/h7-8,10-11H,4-6,9H2,1-3H3,(H,17,18). The van der Waals surface area contributed by atoms with E-state index in [2.05, 4.69) is 40.3 Å². The Morgan fingerprint density at radius 3 is 2.74 bits per heavy atom. The summed E-state index contributed by atoms with van der Waals surface area (Å²) in [5.41, 5.74) is 1.27. The Labute approximate surface area is 123 Å². The highest BCUT2D eigenvalue weighted by Crippen LogP contribution is 2.26. The Hall–Kier alpha value is -1.03. The molecule has 0 bridgehead atoms. The highest BCUT2D eigenvalue weighted by molar-refractivity contribution is 9.10. The molecule has 1 amide bonds. The summed E-state index contributed by atoms with van der Waals surface area (Å²) < 4.78 is 6.64. The summed E-state index contributed by atoms with van der Waals surface area (Å²) in [6.07, 6.45) is 2.23. The number of amides is 1. The second-order valence-corrected chi connectivity index (χ2v) is 5.65. The molecule has 0 heterocycles. The first-order chi connectivity index (χ1) is 9.02. The number of halogens is 1. The van der Waals surface area contributed by atoms with Crippen molar-refractivity contribution in [3.8, 4) is 5.75 Å². The smallest absolute Gasteiger partial charge is 0.220 e. The fourth-order valence-electron chi connectivity index (χ4n) is 1.69. The molecule has 0 atom stereocenters. The highest BCUT2D eigenvalue weighted by atomic mass is 79.9. The molecule has 106 valence electrons. The summed E-state index contributed by atoms with van der Waals surface area (Å²) in [6.45, 7) is 6.59. The second kappa shape index (κ2) is 8.20. The minimum atomic E-state index is 0.0824. The molecular formula is C15H22BrNO2. The van der Waals surface area contributed by atoms with E-state index in [0.29, 0.717) is 13.0 Å². The van der Waals surface area contributed by atoms with Crippen LogP contribution in [0.3, 0.4) is 0 Å². The molecule has 1 aromatic rings. The zero-order valence-electron chi connectivity index (χ0n) is 11.8. The minimum Gasteiger partial charge on any atom is -0.492 e. The molecule has 1 N–H and O–H groups in total. The highest BCUT2D eigenvalue weighted by Gasteiger charge is 2.05. The third-order valence-corrected chi connectivity index (χ3v) is 3.28. The monoisotopic (exact) mass is 327 g/mol. The molecule has 0 saturated carbocycles. The van der Waals surface area contributed by atoms with Gasteiger partial charge in [0.05, 0.1) is 11.1 Å². The van der Waals surface area contributed by atoms with Gasteiger partial charge in [0.15, 0.2) is 0 Å². The summed E-state index contributed by atoms with van der Waals surface area (Å²) >= 11 is 3.50. The van der Waals surface area contributed by atoms with E-state index in [1.807, 2.05) is 19.9 Å². The quantitative estimate of drug-likeness (QED) is 0.775. The van der Waals surface area contributed by atoms with Crippen molar-refractivity contribution in [1.82, 2.24) is 5.32 Å². The minimum absolute atomic E-state index is 0.0824. The van der Waals surface area contributed by atoms with Gasteiger partial charge in [-0.05, 0) is 60.3 Å². The SMILES string of the molecule is CCc1ccc(OCCCC(=O)NC(C)C)c(Br)c1. The largest absolute Gasteiger partial charge is 0.492 e. The van der Waals surface area contributed by atoms with Crippen LogP contribution in [0.1, 0.15) is 39.2 Å². The van der Waals surface area contributed by atoms with Gasteiger partial charge in [-0.25, -0.2) is 0 Å². The molecular weight excluding hydrogens is 306 g/mol. The Morgan fingerprint density at radius 1 is 1.42 bits per heavy atom. The molecule has 0 aromatic heterocycles. The lowest BCUT2D eigenvalue weighted by Gasteiger charge is -2.10. The normalized spacial score (nSPS) is 10.6. The summed E-state index contributed by atoms with van der Waals surface area (Å²) in [6, 6.07) is 6.30. The summed E-state index contributed by atoms with van der Waals surface area (Å²) in [5.74, 6) is 0.917. The van der Waals surface area contributed by atoms with E-state index in [1.54, 1.807) is 0 Å². The molecule has 19 heavy (non-hydrogen) atoms. The van der Waals surface area contributed by atoms with Crippen molar-refractivity contribution < 1.29 is 9.53 Å². The molecule has 0 radical (unpaired) electrons. The van der Waals surface area contributed by atoms with Crippen LogP contribution in [0.25, 0.3) is 0 Å².